The number of benzene rings is 1. The fourth-order valence-electron chi connectivity index (χ4n) is 1.77. The smallest absolute Gasteiger partial charge is 0.259 e. The van der Waals surface area contributed by atoms with E-state index in [-0.39, 0.29) is 18.4 Å². The fraction of sp³-hybridized carbons (Fsp3) is 0.188. The van der Waals surface area contributed by atoms with E-state index in [9.17, 15) is 9.59 Å². The zero-order chi connectivity index (χ0) is 15.9. The second kappa shape index (κ2) is 7.51. The van der Waals surface area contributed by atoms with Crippen molar-refractivity contribution in [1.82, 2.24) is 10.7 Å². The number of hydrazone groups is 1. The van der Waals surface area contributed by atoms with Gasteiger partial charge in [0.15, 0.2) is 0 Å². The van der Waals surface area contributed by atoms with Crippen LogP contribution in [-0.2, 0) is 4.79 Å². The molecular formula is C16H17N3O2S. The van der Waals surface area contributed by atoms with Crippen LogP contribution in [0.1, 0.15) is 26.4 Å². The van der Waals surface area contributed by atoms with Crippen molar-refractivity contribution in [3.8, 4) is 0 Å². The molecule has 1 aromatic carbocycles. The third kappa shape index (κ3) is 4.53. The SMILES string of the molecule is Cc1cccc(C(=O)NCC(=O)N/N=C/c2sccc2C)c1. The van der Waals surface area contributed by atoms with Crippen LogP contribution in [0.2, 0.25) is 0 Å². The molecule has 5 nitrogen and oxygen atoms in total. The van der Waals surface area contributed by atoms with E-state index in [0.717, 1.165) is 16.0 Å². The third-order valence-corrected chi connectivity index (χ3v) is 3.92. The van der Waals surface area contributed by atoms with Gasteiger partial charge >= 0.3 is 0 Å². The van der Waals surface area contributed by atoms with Crippen molar-refractivity contribution in [2.75, 3.05) is 6.54 Å². The highest BCUT2D eigenvalue weighted by molar-refractivity contribution is 7.11. The maximum atomic E-state index is 11.9. The molecule has 1 aromatic heterocycles. The minimum atomic E-state index is -0.369. The van der Waals surface area contributed by atoms with Gasteiger partial charge in [-0.05, 0) is 43.0 Å². The molecule has 0 aliphatic heterocycles. The molecule has 0 bridgehead atoms. The number of carbonyl (C=O) groups excluding carboxylic acids is 2. The molecule has 0 radical (unpaired) electrons. The van der Waals surface area contributed by atoms with Gasteiger partial charge in [-0.25, -0.2) is 5.43 Å². The van der Waals surface area contributed by atoms with Crippen LogP contribution in [0, 0.1) is 13.8 Å². The van der Waals surface area contributed by atoms with E-state index in [4.69, 9.17) is 0 Å². The van der Waals surface area contributed by atoms with Gasteiger partial charge in [-0.2, -0.15) is 5.10 Å². The number of nitrogens with one attached hydrogen (secondary N) is 2. The van der Waals surface area contributed by atoms with Crippen LogP contribution in [0.15, 0.2) is 40.8 Å². The Morgan fingerprint density at radius 1 is 1.27 bits per heavy atom. The van der Waals surface area contributed by atoms with Gasteiger partial charge in [0, 0.05) is 10.4 Å². The summed E-state index contributed by atoms with van der Waals surface area (Å²) < 4.78 is 0. The lowest BCUT2D eigenvalue weighted by atomic mass is 10.1. The molecule has 0 saturated heterocycles. The Morgan fingerprint density at radius 2 is 2.09 bits per heavy atom. The summed E-state index contributed by atoms with van der Waals surface area (Å²) in [6.07, 6.45) is 1.60. The summed E-state index contributed by atoms with van der Waals surface area (Å²) in [6, 6.07) is 9.17. The summed E-state index contributed by atoms with van der Waals surface area (Å²) in [7, 11) is 0. The molecule has 0 saturated carbocycles. The first-order valence-corrected chi connectivity index (χ1v) is 7.65. The largest absolute Gasteiger partial charge is 0.343 e. The molecule has 22 heavy (non-hydrogen) atoms. The number of nitrogens with zero attached hydrogens (tertiary/aromatic N) is 1. The predicted octanol–water partition coefficient (Wildman–Crippen LogP) is 2.25. The van der Waals surface area contributed by atoms with Crippen LogP contribution >= 0.6 is 11.3 Å². The molecule has 1 heterocycles. The molecule has 6 heteroatoms. The van der Waals surface area contributed by atoms with E-state index in [2.05, 4.69) is 15.8 Å². The zero-order valence-electron chi connectivity index (χ0n) is 12.4. The first-order chi connectivity index (χ1) is 10.6. The summed E-state index contributed by atoms with van der Waals surface area (Å²) in [6.45, 7) is 3.76. The van der Waals surface area contributed by atoms with Gasteiger partial charge in [0.25, 0.3) is 11.8 Å². The lowest BCUT2D eigenvalue weighted by Gasteiger charge is -2.04. The lowest BCUT2D eigenvalue weighted by molar-refractivity contribution is -0.120. The van der Waals surface area contributed by atoms with Crippen LogP contribution in [0.5, 0.6) is 0 Å². The highest BCUT2D eigenvalue weighted by Crippen LogP contribution is 2.12. The Balaban J connectivity index is 1.79. The highest BCUT2D eigenvalue weighted by Gasteiger charge is 2.07. The molecule has 2 rings (SSSR count). The summed E-state index contributed by atoms with van der Waals surface area (Å²) in [5, 5.41) is 8.39. The summed E-state index contributed by atoms with van der Waals surface area (Å²) in [5.41, 5.74) is 5.02. The Hall–Kier alpha value is -2.47. The number of aryl methyl sites for hydroxylation is 2. The van der Waals surface area contributed by atoms with Crippen LogP contribution < -0.4 is 10.7 Å². The Labute approximate surface area is 133 Å². The molecule has 0 unspecified atom stereocenters. The van der Waals surface area contributed by atoms with Gasteiger partial charge in [0.1, 0.15) is 0 Å². The lowest BCUT2D eigenvalue weighted by Crippen LogP contribution is -2.34. The Morgan fingerprint density at radius 3 is 2.77 bits per heavy atom. The molecule has 0 aliphatic rings. The molecule has 0 atom stereocenters. The van der Waals surface area contributed by atoms with Gasteiger partial charge in [-0.3, -0.25) is 9.59 Å². The van der Waals surface area contributed by atoms with Gasteiger partial charge in [-0.1, -0.05) is 17.7 Å². The molecule has 2 aromatic rings. The number of thiophene rings is 1. The third-order valence-electron chi connectivity index (χ3n) is 2.96. The molecule has 0 spiro atoms. The minimum absolute atomic E-state index is 0.118. The zero-order valence-corrected chi connectivity index (χ0v) is 13.2. The maximum absolute atomic E-state index is 11.9. The van der Waals surface area contributed by atoms with E-state index < -0.39 is 0 Å². The monoisotopic (exact) mass is 315 g/mol. The quantitative estimate of drug-likeness (QED) is 0.656. The van der Waals surface area contributed by atoms with E-state index in [1.165, 1.54) is 0 Å². The van der Waals surface area contributed by atoms with E-state index in [0.29, 0.717) is 5.56 Å². The second-order valence-electron chi connectivity index (χ2n) is 4.81. The molecule has 0 fully saturated rings. The standard InChI is InChI=1S/C16H17N3O2S/c1-11-4-3-5-13(8-11)16(21)17-10-15(20)19-18-9-14-12(2)6-7-22-14/h3-9H,10H2,1-2H3,(H,17,21)(H,19,20)/b18-9+. The first kappa shape index (κ1) is 15.9. The molecule has 2 N–H and O–H groups in total. The van der Waals surface area contributed by atoms with Crippen molar-refractivity contribution >= 4 is 29.4 Å². The highest BCUT2D eigenvalue weighted by atomic mass is 32.1. The number of hydrogen-bond acceptors (Lipinski definition) is 4. The van der Waals surface area contributed by atoms with Gasteiger partial charge in [0.2, 0.25) is 0 Å². The van der Waals surface area contributed by atoms with Crippen molar-refractivity contribution in [2.24, 2.45) is 5.10 Å². The minimum Gasteiger partial charge on any atom is -0.343 e. The average molecular weight is 315 g/mol. The average Bonchev–Trinajstić information content (AvgIpc) is 2.90. The van der Waals surface area contributed by atoms with Crippen LogP contribution in [0.25, 0.3) is 0 Å². The first-order valence-electron chi connectivity index (χ1n) is 6.77. The van der Waals surface area contributed by atoms with Crippen LogP contribution in [0.4, 0.5) is 0 Å². The van der Waals surface area contributed by atoms with E-state index in [1.807, 2.05) is 31.4 Å². The molecule has 0 aliphatic carbocycles. The summed E-state index contributed by atoms with van der Waals surface area (Å²) in [4.78, 5) is 24.5. The maximum Gasteiger partial charge on any atom is 0.259 e. The van der Waals surface area contributed by atoms with Crippen molar-refractivity contribution in [3.05, 3.63) is 57.3 Å². The summed E-state index contributed by atoms with van der Waals surface area (Å²) >= 11 is 1.55. The van der Waals surface area contributed by atoms with Gasteiger partial charge < -0.3 is 5.32 Å². The second-order valence-corrected chi connectivity index (χ2v) is 5.76. The number of hydrogen-bond donors (Lipinski definition) is 2. The van der Waals surface area contributed by atoms with Crippen LogP contribution in [-0.4, -0.2) is 24.6 Å². The van der Waals surface area contributed by atoms with Gasteiger partial charge in [0.05, 0.1) is 12.8 Å². The van der Waals surface area contributed by atoms with Crippen LogP contribution in [0.3, 0.4) is 0 Å². The molecule has 114 valence electrons. The topological polar surface area (TPSA) is 70.6 Å². The van der Waals surface area contributed by atoms with Crippen molar-refractivity contribution in [1.29, 1.82) is 0 Å². The summed E-state index contributed by atoms with van der Waals surface area (Å²) in [5.74, 6) is -0.650. The fourth-order valence-corrected chi connectivity index (χ4v) is 2.55. The van der Waals surface area contributed by atoms with Crippen molar-refractivity contribution < 1.29 is 9.59 Å². The molecular weight excluding hydrogens is 298 g/mol. The Bertz CT molecular complexity index is 707. The van der Waals surface area contributed by atoms with E-state index in [1.54, 1.807) is 35.8 Å². The normalized spacial score (nSPS) is 10.6. The number of rotatable bonds is 5. The van der Waals surface area contributed by atoms with Crippen molar-refractivity contribution in [3.63, 3.8) is 0 Å². The predicted molar refractivity (Wildman–Crippen MR) is 88.3 cm³/mol. The Kier molecular flexibility index (Phi) is 5.43. The van der Waals surface area contributed by atoms with E-state index >= 15 is 0 Å². The van der Waals surface area contributed by atoms with Crippen molar-refractivity contribution in [2.45, 2.75) is 13.8 Å². The number of carbonyl (C=O) groups is 2. The number of amides is 2. The molecule has 2 amide bonds. The van der Waals surface area contributed by atoms with Gasteiger partial charge in [-0.15, -0.1) is 11.3 Å².